The molecule has 2 nitrogen and oxygen atoms in total. The maximum absolute atomic E-state index is 10.1. The molecule has 0 heterocycles. The van der Waals surface area contributed by atoms with Crippen molar-refractivity contribution in [2.45, 2.75) is 13.3 Å². The van der Waals surface area contributed by atoms with Crippen LogP contribution in [-0.4, -0.2) is 11.1 Å². The van der Waals surface area contributed by atoms with Crippen LogP contribution in [0.2, 0.25) is 0 Å². The monoisotopic (exact) mass is 226 g/mol. The van der Waals surface area contributed by atoms with Crippen LogP contribution < -0.4 is 0 Å². The molecule has 0 spiro atoms. The first-order valence-corrected chi connectivity index (χ1v) is 3.49. The van der Waals surface area contributed by atoms with Gasteiger partial charge in [-0.1, -0.05) is 29.5 Å². The van der Waals surface area contributed by atoms with Crippen molar-refractivity contribution in [3.63, 3.8) is 0 Å². The Kier molecular flexibility index (Phi) is 3.85. The van der Waals surface area contributed by atoms with Crippen LogP contribution in [0, 0.1) is 0 Å². The van der Waals surface area contributed by atoms with Crippen LogP contribution in [-0.2, 0) is 4.79 Å². The van der Waals surface area contributed by atoms with Crippen LogP contribution in [0.15, 0.2) is 9.66 Å². The van der Waals surface area contributed by atoms with Crippen molar-refractivity contribution in [2.24, 2.45) is 0 Å². The molecule has 8 heavy (non-hydrogen) atoms. The number of carboxylic acid groups (broad SMARTS) is 1. The topological polar surface area (TPSA) is 37.3 Å². The van der Waals surface area contributed by atoms with E-state index in [2.05, 4.69) is 0 Å². The summed E-state index contributed by atoms with van der Waals surface area (Å²) in [5.74, 6) is -0.818. The van der Waals surface area contributed by atoms with Crippen molar-refractivity contribution >= 4 is 28.6 Å². The molecule has 0 fully saturated rings. The van der Waals surface area contributed by atoms with Crippen molar-refractivity contribution in [1.29, 1.82) is 0 Å². The Morgan fingerprint density at radius 2 is 2.38 bits per heavy atom. The third-order valence-corrected chi connectivity index (χ3v) is 1.54. The van der Waals surface area contributed by atoms with Gasteiger partial charge in [-0.15, -0.1) is 0 Å². The fourth-order valence-corrected chi connectivity index (χ4v) is 0.982. The Morgan fingerprint density at radius 1 is 1.88 bits per heavy atom. The van der Waals surface area contributed by atoms with E-state index < -0.39 is 5.97 Å². The Bertz CT molecular complexity index is 118. The summed E-state index contributed by atoms with van der Waals surface area (Å²) in [4.78, 5) is 10.1. The molecule has 0 saturated carbocycles. The molecule has 0 aliphatic carbocycles. The van der Waals surface area contributed by atoms with E-state index in [0.717, 1.165) is 0 Å². The van der Waals surface area contributed by atoms with Crippen LogP contribution >= 0.6 is 22.6 Å². The number of hydrogen-bond donors (Lipinski definition) is 1. The summed E-state index contributed by atoms with van der Waals surface area (Å²) in [5, 5.41) is 8.30. The van der Waals surface area contributed by atoms with Gasteiger partial charge in [0.15, 0.2) is 0 Å². The first kappa shape index (κ1) is 7.94. The van der Waals surface area contributed by atoms with E-state index in [1.165, 1.54) is 0 Å². The smallest absolute Gasteiger partial charge is 0.332 e. The predicted molar refractivity (Wildman–Crippen MR) is 40.0 cm³/mol. The standard InChI is InChI=1S/C5H7IO2/c1-2-4(3-6)5(7)8/h3H,2H2,1H3,(H,7,8)/b4-3-. The lowest BCUT2D eigenvalue weighted by atomic mass is 10.2. The molecular weight excluding hydrogens is 219 g/mol. The summed E-state index contributed by atoms with van der Waals surface area (Å²) in [5.41, 5.74) is 0.464. The fraction of sp³-hybridized carbons (Fsp3) is 0.400. The molecule has 0 saturated heterocycles. The number of aliphatic carboxylic acids is 1. The van der Waals surface area contributed by atoms with Gasteiger partial charge in [-0.25, -0.2) is 4.79 Å². The first-order chi connectivity index (χ1) is 3.72. The molecule has 0 aliphatic heterocycles. The Balaban J connectivity index is 3.92. The molecule has 0 bridgehead atoms. The van der Waals surface area contributed by atoms with Crippen molar-refractivity contribution in [2.75, 3.05) is 0 Å². The van der Waals surface area contributed by atoms with Gasteiger partial charge in [-0.3, -0.25) is 0 Å². The van der Waals surface area contributed by atoms with Crippen LogP contribution in [0.3, 0.4) is 0 Å². The van der Waals surface area contributed by atoms with Gasteiger partial charge >= 0.3 is 5.97 Å². The molecule has 1 N–H and O–H groups in total. The summed E-state index contributed by atoms with van der Waals surface area (Å²) in [6, 6.07) is 0. The number of carboxylic acids is 1. The maximum atomic E-state index is 10.1. The van der Waals surface area contributed by atoms with Crippen LogP contribution in [0.4, 0.5) is 0 Å². The second kappa shape index (κ2) is 3.88. The van der Waals surface area contributed by atoms with E-state index in [-0.39, 0.29) is 0 Å². The summed E-state index contributed by atoms with van der Waals surface area (Å²) >= 11 is 1.92. The van der Waals surface area contributed by atoms with Gasteiger partial charge in [-0.05, 0) is 10.5 Å². The van der Waals surface area contributed by atoms with E-state index in [1.807, 2.05) is 29.5 Å². The molecule has 46 valence electrons. The first-order valence-electron chi connectivity index (χ1n) is 2.25. The number of rotatable bonds is 2. The summed E-state index contributed by atoms with van der Waals surface area (Å²) in [6.07, 6.45) is 0.596. The van der Waals surface area contributed by atoms with Crippen LogP contribution in [0.5, 0.6) is 0 Å². The quantitative estimate of drug-likeness (QED) is 0.575. The number of carbonyl (C=O) groups is 1. The molecular formula is C5H7IO2. The van der Waals surface area contributed by atoms with Gasteiger partial charge in [0.1, 0.15) is 0 Å². The number of halogens is 1. The van der Waals surface area contributed by atoms with Gasteiger partial charge in [0.05, 0.1) is 0 Å². The molecule has 0 rings (SSSR count). The molecule has 3 heteroatoms. The predicted octanol–water partition coefficient (Wildman–Crippen LogP) is 1.80. The van der Waals surface area contributed by atoms with Crippen LogP contribution in [0.25, 0.3) is 0 Å². The minimum Gasteiger partial charge on any atom is -0.478 e. The highest BCUT2D eigenvalue weighted by Crippen LogP contribution is 2.02. The van der Waals surface area contributed by atoms with Gasteiger partial charge in [0, 0.05) is 5.57 Å². The Morgan fingerprint density at radius 3 is 2.38 bits per heavy atom. The van der Waals surface area contributed by atoms with Crippen molar-refractivity contribution in [3.8, 4) is 0 Å². The molecule has 0 atom stereocenters. The third-order valence-electron chi connectivity index (χ3n) is 0.787. The van der Waals surface area contributed by atoms with Crippen molar-refractivity contribution < 1.29 is 9.90 Å². The minimum atomic E-state index is -0.818. The summed E-state index contributed by atoms with van der Waals surface area (Å²) in [7, 11) is 0. The summed E-state index contributed by atoms with van der Waals surface area (Å²) in [6.45, 7) is 1.82. The highest BCUT2D eigenvalue weighted by Gasteiger charge is 2.00. The zero-order valence-corrected chi connectivity index (χ0v) is 6.68. The van der Waals surface area contributed by atoms with Crippen LogP contribution in [0.1, 0.15) is 13.3 Å². The largest absolute Gasteiger partial charge is 0.478 e. The lowest BCUT2D eigenvalue weighted by Gasteiger charge is -1.90. The molecule has 0 aromatic heterocycles. The van der Waals surface area contributed by atoms with Crippen molar-refractivity contribution in [3.05, 3.63) is 9.66 Å². The van der Waals surface area contributed by atoms with E-state index in [9.17, 15) is 4.79 Å². The van der Waals surface area contributed by atoms with Gasteiger partial charge < -0.3 is 5.11 Å². The van der Waals surface area contributed by atoms with Crippen molar-refractivity contribution in [1.82, 2.24) is 0 Å². The van der Waals surface area contributed by atoms with Gasteiger partial charge in [0.25, 0.3) is 0 Å². The average molecular weight is 226 g/mol. The molecule has 0 amide bonds. The molecule has 0 aromatic carbocycles. The second-order valence-electron chi connectivity index (χ2n) is 1.29. The third kappa shape index (κ3) is 2.30. The zero-order chi connectivity index (χ0) is 6.57. The highest BCUT2D eigenvalue weighted by molar-refractivity contribution is 14.1. The van der Waals surface area contributed by atoms with Gasteiger partial charge in [-0.2, -0.15) is 0 Å². The minimum absolute atomic E-state index is 0.464. The molecule has 0 aromatic rings. The fourth-order valence-electron chi connectivity index (χ4n) is 0.275. The normalized spacial score (nSPS) is 11.5. The number of hydrogen-bond acceptors (Lipinski definition) is 1. The van der Waals surface area contributed by atoms with E-state index >= 15 is 0 Å². The van der Waals surface area contributed by atoms with E-state index in [1.54, 1.807) is 4.08 Å². The maximum Gasteiger partial charge on any atom is 0.332 e. The van der Waals surface area contributed by atoms with E-state index in [4.69, 9.17) is 5.11 Å². The summed E-state index contributed by atoms with van der Waals surface area (Å²) < 4.78 is 1.58. The molecule has 0 unspecified atom stereocenters. The molecule has 0 aliphatic rings. The molecule has 0 radical (unpaired) electrons. The lowest BCUT2D eigenvalue weighted by Crippen LogP contribution is -1.96. The Labute approximate surface area is 61.7 Å². The average Bonchev–Trinajstić information content (AvgIpc) is 1.69. The lowest BCUT2D eigenvalue weighted by molar-refractivity contribution is -0.132. The highest BCUT2D eigenvalue weighted by atomic mass is 127. The zero-order valence-electron chi connectivity index (χ0n) is 4.52. The van der Waals surface area contributed by atoms with E-state index in [0.29, 0.717) is 12.0 Å². The van der Waals surface area contributed by atoms with Gasteiger partial charge in [0.2, 0.25) is 0 Å². The second-order valence-corrected chi connectivity index (χ2v) is 1.92. The Hall–Kier alpha value is -0.0600. The SMILES string of the molecule is CC/C(=C/I)C(=O)O.